The number of carboxylic acids is 1. The van der Waals surface area contributed by atoms with Gasteiger partial charge in [0, 0.05) is 19.0 Å². The van der Waals surface area contributed by atoms with Gasteiger partial charge in [0.1, 0.15) is 0 Å². The highest BCUT2D eigenvalue weighted by Gasteiger charge is 2.34. The fourth-order valence-electron chi connectivity index (χ4n) is 3.54. The van der Waals surface area contributed by atoms with Gasteiger partial charge in [-0.05, 0) is 43.9 Å². The van der Waals surface area contributed by atoms with Gasteiger partial charge in [-0.3, -0.25) is 9.59 Å². The lowest BCUT2D eigenvalue weighted by molar-refractivity contribution is -0.145. The standard InChI is InChI=1S/C16H27NO3/c1-16(2)7-4-9-17(10-8-16)14(18)12-5-3-6-13(11-12)15(19)20/h12-13H,3-11H2,1-2H3,(H,19,20). The van der Waals surface area contributed by atoms with Crippen molar-refractivity contribution in [3.63, 3.8) is 0 Å². The maximum Gasteiger partial charge on any atom is 0.306 e. The molecule has 2 rings (SSSR count). The summed E-state index contributed by atoms with van der Waals surface area (Å²) >= 11 is 0. The number of hydrogen-bond donors (Lipinski definition) is 1. The van der Waals surface area contributed by atoms with Gasteiger partial charge in [0.15, 0.2) is 0 Å². The van der Waals surface area contributed by atoms with Crippen LogP contribution in [0.3, 0.4) is 0 Å². The number of nitrogens with zero attached hydrogens (tertiary/aromatic N) is 1. The van der Waals surface area contributed by atoms with Crippen molar-refractivity contribution < 1.29 is 14.7 Å². The van der Waals surface area contributed by atoms with Gasteiger partial charge in [0.05, 0.1) is 5.92 Å². The molecule has 1 saturated heterocycles. The van der Waals surface area contributed by atoms with Gasteiger partial charge in [-0.1, -0.05) is 20.3 Å². The fourth-order valence-corrected chi connectivity index (χ4v) is 3.54. The molecule has 1 heterocycles. The summed E-state index contributed by atoms with van der Waals surface area (Å²) in [5.74, 6) is -0.916. The van der Waals surface area contributed by atoms with E-state index in [4.69, 9.17) is 5.11 Å². The van der Waals surface area contributed by atoms with Crippen molar-refractivity contribution in [2.75, 3.05) is 13.1 Å². The second kappa shape index (κ2) is 6.15. The van der Waals surface area contributed by atoms with Crippen molar-refractivity contribution >= 4 is 11.9 Å². The molecule has 4 nitrogen and oxygen atoms in total. The monoisotopic (exact) mass is 281 g/mol. The molecule has 1 saturated carbocycles. The van der Waals surface area contributed by atoms with Crippen LogP contribution >= 0.6 is 0 Å². The molecular formula is C16H27NO3. The van der Waals surface area contributed by atoms with Crippen molar-refractivity contribution in [3.05, 3.63) is 0 Å². The van der Waals surface area contributed by atoms with E-state index < -0.39 is 5.97 Å². The number of carboxylic acid groups (broad SMARTS) is 1. The van der Waals surface area contributed by atoms with Crippen molar-refractivity contribution in [1.82, 2.24) is 4.90 Å². The summed E-state index contributed by atoms with van der Waals surface area (Å²) in [4.78, 5) is 25.7. The number of carbonyl (C=O) groups excluding carboxylic acids is 1. The SMILES string of the molecule is CC1(C)CCCN(C(=O)C2CCCC(C(=O)O)C2)CC1. The highest BCUT2D eigenvalue weighted by molar-refractivity contribution is 5.80. The average molecular weight is 281 g/mol. The van der Waals surface area contributed by atoms with Crippen LogP contribution < -0.4 is 0 Å². The minimum Gasteiger partial charge on any atom is -0.481 e. The van der Waals surface area contributed by atoms with Crippen LogP contribution in [0.4, 0.5) is 0 Å². The molecule has 1 amide bonds. The first-order chi connectivity index (χ1) is 9.39. The number of carbonyl (C=O) groups is 2. The zero-order valence-corrected chi connectivity index (χ0v) is 12.7. The molecule has 1 aliphatic carbocycles. The van der Waals surface area contributed by atoms with Gasteiger partial charge in [-0.25, -0.2) is 0 Å². The number of likely N-dealkylation sites (tertiary alicyclic amines) is 1. The van der Waals surface area contributed by atoms with Gasteiger partial charge in [-0.15, -0.1) is 0 Å². The van der Waals surface area contributed by atoms with E-state index in [9.17, 15) is 9.59 Å². The number of rotatable bonds is 2. The Labute approximate surface area is 121 Å². The average Bonchev–Trinajstić information content (AvgIpc) is 2.59. The Morgan fingerprint density at radius 2 is 1.75 bits per heavy atom. The molecule has 0 aromatic rings. The molecule has 0 spiro atoms. The van der Waals surface area contributed by atoms with Crippen LogP contribution in [0.15, 0.2) is 0 Å². The maximum atomic E-state index is 12.6. The highest BCUT2D eigenvalue weighted by Crippen LogP contribution is 2.33. The second-order valence-corrected chi connectivity index (χ2v) is 7.24. The third-order valence-electron chi connectivity index (χ3n) is 5.02. The third kappa shape index (κ3) is 3.74. The minimum atomic E-state index is -0.737. The van der Waals surface area contributed by atoms with E-state index in [1.165, 1.54) is 6.42 Å². The Kier molecular flexibility index (Phi) is 4.71. The largest absolute Gasteiger partial charge is 0.481 e. The van der Waals surface area contributed by atoms with Crippen molar-refractivity contribution in [1.29, 1.82) is 0 Å². The van der Waals surface area contributed by atoms with Crippen LogP contribution in [0.25, 0.3) is 0 Å². The van der Waals surface area contributed by atoms with Crippen LogP contribution in [0.5, 0.6) is 0 Å². The number of aliphatic carboxylic acids is 1. The van der Waals surface area contributed by atoms with Crippen LogP contribution in [0, 0.1) is 17.3 Å². The quantitative estimate of drug-likeness (QED) is 0.846. The first-order valence-corrected chi connectivity index (χ1v) is 7.91. The van der Waals surface area contributed by atoms with E-state index in [0.717, 1.165) is 45.2 Å². The molecule has 1 N–H and O–H groups in total. The number of hydrogen-bond acceptors (Lipinski definition) is 2. The normalized spacial score (nSPS) is 30.6. The van der Waals surface area contributed by atoms with Crippen molar-refractivity contribution in [3.8, 4) is 0 Å². The Bertz CT molecular complexity index is 378. The molecule has 0 aromatic carbocycles. The Morgan fingerprint density at radius 1 is 1.05 bits per heavy atom. The van der Waals surface area contributed by atoms with Gasteiger partial charge < -0.3 is 10.0 Å². The van der Waals surface area contributed by atoms with Crippen LogP contribution in [0.1, 0.15) is 58.8 Å². The van der Waals surface area contributed by atoms with E-state index in [0.29, 0.717) is 11.8 Å². The molecule has 20 heavy (non-hydrogen) atoms. The van der Waals surface area contributed by atoms with E-state index in [-0.39, 0.29) is 17.7 Å². The maximum absolute atomic E-state index is 12.6. The first kappa shape index (κ1) is 15.3. The predicted octanol–water partition coefficient (Wildman–Crippen LogP) is 2.92. The lowest BCUT2D eigenvalue weighted by Crippen LogP contribution is -2.39. The zero-order valence-electron chi connectivity index (χ0n) is 12.7. The molecule has 0 bridgehead atoms. The zero-order chi connectivity index (χ0) is 14.8. The Morgan fingerprint density at radius 3 is 2.45 bits per heavy atom. The molecular weight excluding hydrogens is 254 g/mol. The summed E-state index contributed by atoms with van der Waals surface area (Å²) in [6.45, 7) is 6.21. The minimum absolute atomic E-state index is 0.0638. The summed E-state index contributed by atoms with van der Waals surface area (Å²) in [6.07, 6.45) is 6.27. The van der Waals surface area contributed by atoms with Gasteiger partial charge in [0.2, 0.25) is 5.91 Å². The molecule has 4 heteroatoms. The molecule has 114 valence electrons. The highest BCUT2D eigenvalue weighted by atomic mass is 16.4. The van der Waals surface area contributed by atoms with Gasteiger partial charge >= 0.3 is 5.97 Å². The molecule has 2 aliphatic rings. The van der Waals surface area contributed by atoms with Crippen molar-refractivity contribution in [2.45, 2.75) is 58.8 Å². The third-order valence-corrected chi connectivity index (χ3v) is 5.02. The summed E-state index contributed by atoms with van der Waals surface area (Å²) < 4.78 is 0. The van der Waals surface area contributed by atoms with Crippen LogP contribution in [-0.4, -0.2) is 35.0 Å². The fraction of sp³-hybridized carbons (Fsp3) is 0.875. The summed E-state index contributed by atoms with van der Waals surface area (Å²) in [6, 6.07) is 0. The van der Waals surface area contributed by atoms with Gasteiger partial charge in [-0.2, -0.15) is 0 Å². The summed E-state index contributed by atoms with van der Waals surface area (Å²) in [7, 11) is 0. The lowest BCUT2D eigenvalue weighted by Gasteiger charge is -2.31. The van der Waals surface area contributed by atoms with E-state index in [2.05, 4.69) is 13.8 Å². The molecule has 2 atom stereocenters. The topological polar surface area (TPSA) is 57.6 Å². The van der Waals surface area contributed by atoms with Crippen LogP contribution in [0.2, 0.25) is 0 Å². The molecule has 0 radical (unpaired) electrons. The van der Waals surface area contributed by atoms with Crippen LogP contribution in [-0.2, 0) is 9.59 Å². The molecule has 2 fully saturated rings. The molecule has 2 unspecified atom stereocenters. The van der Waals surface area contributed by atoms with Crippen molar-refractivity contribution in [2.24, 2.45) is 17.3 Å². The summed E-state index contributed by atoms with van der Waals surface area (Å²) in [5.41, 5.74) is 0.325. The molecule has 1 aliphatic heterocycles. The van der Waals surface area contributed by atoms with Gasteiger partial charge in [0.25, 0.3) is 0 Å². The van der Waals surface area contributed by atoms with E-state index in [1.807, 2.05) is 4.90 Å². The lowest BCUT2D eigenvalue weighted by atomic mass is 9.80. The van der Waals surface area contributed by atoms with E-state index >= 15 is 0 Å². The number of amides is 1. The molecule has 0 aromatic heterocycles. The second-order valence-electron chi connectivity index (χ2n) is 7.24. The smallest absolute Gasteiger partial charge is 0.306 e. The Hall–Kier alpha value is -1.06. The van der Waals surface area contributed by atoms with E-state index in [1.54, 1.807) is 0 Å². The Balaban J connectivity index is 1.95. The summed E-state index contributed by atoms with van der Waals surface area (Å²) in [5, 5.41) is 9.14. The predicted molar refractivity (Wildman–Crippen MR) is 77.3 cm³/mol. The first-order valence-electron chi connectivity index (χ1n) is 7.91.